The number of benzene rings is 2. The summed E-state index contributed by atoms with van der Waals surface area (Å²) in [5, 5.41) is 2.46. The number of rotatable bonds is 7. The molecule has 1 unspecified atom stereocenters. The number of fused-ring (bicyclic) bond motifs is 1. The first-order chi connectivity index (χ1) is 19.6. The minimum Gasteiger partial charge on any atom is -0.497 e. The van der Waals surface area contributed by atoms with E-state index in [0.717, 1.165) is 33.7 Å². The molecular formula is C27H21F4N3O7. The van der Waals surface area contributed by atoms with E-state index in [9.17, 15) is 28.0 Å². The highest BCUT2D eigenvalue weighted by Crippen LogP contribution is 2.36. The number of anilines is 1. The molecule has 0 aliphatic carbocycles. The molecule has 2 aliphatic rings. The maximum Gasteiger partial charge on any atom is 0.387 e. The number of amides is 2. The second-order valence-corrected chi connectivity index (χ2v) is 9.11. The van der Waals surface area contributed by atoms with E-state index in [-0.39, 0.29) is 41.6 Å². The Kier molecular flexibility index (Phi) is 7.39. The lowest BCUT2D eigenvalue weighted by molar-refractivity contribution is -0.118. The summed E-state index contributed by atoms with van der Waals surface area (Å²) in [7, 11) is 1.22. The number of nitrogens with one attached hydrogen (secondary N) is 1. The van der Waals surface area contributed by atoms with E-state index in [0.29, 0.717) is 0 Å². The summed E-state index contributed by atoms with van der Waals surface area (Å²) in [6.45, 7) is -3.50. The van der Waals surface area contributed by atoms with E-state index in [1.807, 2.05) is 0 Å². The summed E-state index contributed by atoms with van der Waals surface area (Å²) in [5.74, 6) is -6.12. The fourth-order valence-electron chi connectivity index (χ4n) is 4.89. The number of hydrogen-bond acceptors (Lipinski definition) is 7. The summed E-state index contributed by atoms with van der Waals surface area (Å²) in [6, 6.07) is 7.39. The third-order valence-electron chi connectivity index (χ3n) is 6.80. The molecule has 3 heterocycles. The summed E-state index contributed by atoms with van der Waals surface area (Å²) < 4.78 is 70.5. The molecule has 1 fully saturated rings. The summed E-state index contributed by atoms with van der Waals surface area (Å²) in [4.78, 5) is 53.0. The average Bonchev–Trinajstić information content (AvgIpc) is 3.24. The first kappa shape index (κ1) is 27.7. The Morgan fingerprint density at radius 1 is 1.02 bits per heavy atom. The Morgan fingerprint density at radius 2 is 1.71 bits per heavy atom. The SMILES string of the molecule is COc1cc(F)c([C@@H]2CN(c3ccc4n(c3=O)CCOC4=O)C(=O)C2NC(=O)c2ccc(OC(F)F)cc2)c(F)c1. The van der Waals surface area contributed by atoms with E-state index < -0.39 is 65.7 Å². The quantitative estimate of drug-likeness (QED) is 0.340. The predicted octanol–water partition coefficient (Wildman–Crippen LogP) is 2.84. The van der Waals surface area contributed by atoms with Crippen molar-refractivity contribution in [2.24, 2.45) is 0 Å². The molecule has 2 amide bonds. The molecule has 0 spiro atoms. The van der Waals surface area contributed by atoms with Gasteiger partial charge in [-0.1, -0.05) is 0 Å². The van der Waals surface area contributed by atoms with Crippen molar-refractivity contribution in [2.45, 2.75) is 25.1 Å². The lowest BCUT2D eigenvalue weighted by Gasteiger charge is -2.22. The van der Waals surface area contributed by atoms with Gasteiger partial charge in [0.05, 0.1) is 13.7 Å². The molecule has 41 heavy (non-hydrogen) atoms. The standard InChI is InChI=1S/C27H21F4N3O7/c1-39-15-10-17(28)21(18(29)11-15)16-12-34(19-6-7-20-26(38)40-9-8-33(20)24(19)36)25(37)22(16)32-23(35)13-2-4-14(5-3-13)41-27(30)31/h2-7,10-11,16,22,27H,8-9,12H2,1H3,(H,32,35)/t16-,22?/m0/s1. The highest BCUT2D eigenvalue weighted by Gasteiger charge is 2.46. The number of nitrogens with zero attached hydrogens (tertiary/aromatic N) is 2. The fourth-order valence-corrected chi connectivity index (χ4v) is 4.89. The first-order valence-electron chi connectivity index (χ1n) is 12.2. The van der Waals surface area contributed by atoms with Crippen molar-refractivity contribution in [3.63, 3.8) is 0 Å². The van der Waals surface area contributed by atoms with Crippen molar-refractivity contribution in [3.05, 3.63) is 87.3 Å². The van der Waals surface area contributed by atoms with Crippen LogP contribution in [0.2, 0.25) is 0 Å². The maximum absolute atomic E-state index is 15.2. The topological polar surface area (TPSA) is 116 Å². The number of carbonyl (C=O) groups excluding carboxylic acids is 3. The number of ether oxygens (including phenoxy) is 3. The van der Waals surface area contributed by atoms with Gasteiger partial charge in [-0.05, 0) is 36.4 Å². The molecule has 2 atom stereocenters. The molecule has 5 rings (SSSR count). The van der Waals surface area contributed by atoms with E-state index in [4.69, 9.17) is 9.47 Å². The molecule has 1 saturated heterocycles. The van der Waals surface area contributed by atoms with Gasteiger partial charge in [0, 0.05) is 35.7 Å². The van der Waals surface area contributed by atoms with Crippen LogP contribution in [-0.4, -0.2) is 55.3 Å². The Bertz CT molecular complexity index is 1570. The summed E-state index contributed by atoms with van der Waals surface area (Å²) in [6.07, 6.45) is 0. The molecule has 14 heteroatoms. The number of alkyl halides is 2. The molecule has 2 aliphatic heterocycles. The van der Waals surface area contributed by atoms with Crippen LogP contribution in [0, 0.1) is 11.6 Å². The van der Waals surface area contributed by atoms with Crippen LogP contribution in [0.4, 0.5) is 23.2 Å². The van der Waals surface area contributed by atoms with Crippen LogP contribution in [0.25, 0.3) is 0 Å². The zero-order valence-electron chi connectivity index (χ0n) is 21.2. The van der Waals surface area contributed by atoms with Gasteiger partial charge in [0.15, 0.2) is 0 Å². The maximum atomic E-state index is 15.2. The third-order valence-corrected chi connectivity index (χ3v) is 6.80. The van der Waals surface area contributed by atoms with Crippen LogP contribution in [0.15, 0.2) is 53.3 Å². The van der Waals surface area contributed by atoms with Crippen LogP contribution in [0.3, 0.4) is 0 Å². The Hall–Kier alpha value is -4.88. The minimum atomic E-state index is -3.08. The molecule has 10 nitrogen and oxygen atoms in total. The molecule has 0 saturated carbocycles. The van der Waals surface area contributed by atoms with Gasteiger partial charge in [0.1, 0.15) is 47.2 Å². The fraction of sp³-hybridized carbons (Fsp3) is 0.259. The van der Waals surface area contributed by atoms with E-state index in [1.54, 1.807) is 0 Å². The Labute approximate surface area is 229 Å². The van der Waals surface area contributed by atoms with Crippen LogP contribution in [0.1, 0.15) is 32.3 Å². The molecule has 1 N–H and O–H groups in total. The minimum absolute atomic E-state index is 0.0236. The van der Waals surface area contributed by atoms with Gasteiger partial charge < -0.3 is 24.4 Å². The van der Waals surface area contributed by atoms with Crippen LogP contribution < -0.4 is 25.2 Å². The summed E-state index contributed by atoms with van der Waals surface area (Å²) in [5.41, 5.74) is -1.47. The Balaban J connectivity index is 1.52. The lowest BCUT2D eigenvalue weighted by atomic mass is 9.92. The van der Waals surface area contributed by atoms with Crippen molar-refractivity contribution in [2.75, 3.05) is 25.2 Å². The average molecular weight is 575 g/mol. The van der Waals surface area contributed by atoms with Gasteiger partial charge in [-0.3, -0.25) is 19.0 Å². The second-order valence-electron chi connectivity index (χ2n) is 9.11. The number of carbonyl (C=O) groups is 3. The van der Waals surface area contributed by atoms with Crippen LogP contribution >= 0.6 is 0 Å². The number of halogens is 4. The molecule has 0 radical (unpaired) electrons. The predicted molar refractivity (Wildman–Crippen MR) is 133 cm³/mol. The summed E-state index contributed by atoms with van der Waals surface area (Å²) >= 11 is 0. The number of pyridine rings is 1. The van der Waals surface area contributed by atoms with E-state index in [1.165, 1.54) is 31.4 Å². The largest absolute Gasteiger partial charge is 0.497 e. The van der Waals surface area contributed by atoms with Crippen molar-refractivity contribution in [3.8, 4) is 11.5 Å². The zero-order chi connectivity index (χ0) is 29.4. The normalized spacial score (nSPS) is 18.2. The molecular weight excluding hydrogens is 554 g/mol. The van der Waals surface area contributed by atoms with Crippen molar-refractivity contribution >= 4 is 23.5 Å². The molecule has 2 aromatic carbocycles. The van der Waals surface area contributed by atoms with Gasteiger partial charge in [-0.2, -0.15) is 8.78 Å². The number of cyclic esters (lactones) is 1. The van der Waals surface area contributed by atoms with Crippen LogP contribution in [0.5, 0.6) is 11.5 Å². The first-order valence-corrected chi connectivity index (χ1v) is 12.2. The highest BCUT2D eigenvalue weighted by atomic mass is 19.3. The Morgan fingerprint density at radius 3 is 2.34 bits per heavy atom. The highest BCUT2D eigenvalue weighted by molar-refractivity contribution is 6.05. The number of methoxy groups -OCH3 is 1. The van der Waals surface area contributed by atoms with Crippen molar-refractivity contribution in [1.29, 1.82) is 0 Å². The molecule has 1 aromatic heterocycles. The zero-order valence-corrected chi connectivity index (χ0v) is 21.2. The van der Waals surface area contributed by atoms with Crippen molar-refractivity contribution < 1.29 is 46.2 Å². The number of hydrogen-bond donors (Lipinski definition) is 1. The third kappa shape index (κ3) is 5.19. The smallest absolute Gasteiger partial charge is 0.387 e. The van der Waals surface area contributed by atoms with Crippen LogP contribution in [-0.2, 0) is 16.1 Å². The van der Waals surface area contributed by atoms with Gasteiger partial charge in [0.2, 0.25) is 5.91 Å². The van der Waals surface area contributed by atoms with Gasteiger partial charge >= 0.3 is 12.6 Å². The molecule has 0 bridgehead atoms. The van der Waals surface area contributed by atoms with E-state index in [2.05, 4.69) is 10.1 Å². The second kappa shape index (κ2) is 10.9. The van der Waals surface area contributed by atoms with Crippen molar-refractivity contribution in [1.82, 2.24) is 9.88 Å². The lowest BCUT2D eigenvalue weighted by Crippen LogP contribution is -2.45. The number of aromatic nitrogens is 1. The molecule has 214 valence electrons. The molecule has 3 aromatic rings. The van der Waals surface area contributed by atoms with Gasteiger partial charge in [0.25, 0.3) is 11.5 Å². The van der Waals surface area contributed by atoms with Gasteiger partial charge in [-0.25, -0.2) is 13.6 Å². The monoisotopic (exact) mass is 575 g/mol. The van der Waals surface area contributed by atoms with Gasteiger partial charge in [-0.15, -0.1) is 0 Å². The number of esters is 1. The van der Waals surface area contributed by atoms with E-state index >= 15 is 8.78 Å².